The largest absolute Gasteiger partial charge is 0.382 e. The molecule has 0 radical (unpaired) electrons. The lowest BCUT2D eigenvalue weighted by Crippen LogP contribution is -2.15. The summed E-state index contributed by atoms with van der Waals surface area (Å²) < 4.78 is 29.7. The molecule has 2 aromatic rings. The first-order chi connectivity index (χ1) is 9.17. The van der Waals surface area contributed by atoms with Gasteiger partial charge in [-0.25, -0.2) is 0 Å². The first kappa shape index (κ1) is 12.5. The fourth-order valence-electron chi connectivity index (χ4n) is 2.11. The van der Waals surface area contributed by atoms with Crippen LogP contribution in [-0.2, 0) is 16.5 Å². The average Bonchev–Trinajstić information content (AvgIpc) is 2.93. The summed E-state index contributed by atoms with van der Waals surface area (Å²) in [5.41, 5.74) is 1.90. The summed E-state index contributed by atoms with van der Waals surface area (Å²) in [6.45, 7) is 0.840. The minimum Gasteiger partial charge on any atom is -0.382 e. The fourth-order valence-corrected chi connectivity index (χ4v) is 4.00. The van der Waals surface area contributed by atoms with Crippen LogP contribution >= 0.6 is 11.3 Å². The number of benzene rings is 1. The molecule has 19 heavy (non-hydrogen) atoms. The molecule has 1 aliphatic heterocycles. The summed E-state index contributed by atoms with van der Waals surface area (Å²) >= 11 is 1.15. The Morgan fingerprint density at radius 2 is 2.11 bits per heavy atom. The third-order valence-corrected chi connectivity index (χ3v) is 5.57. The SMILES string of the molecule is O=S(=O)(Oc1cccc2c1NCCC2)c1cccs1. The highest BCUT2D eigenvalue weighted by Gasteiger charge is 2.21. The first-order valence-corrected chi connectivity index (χ1v) is 8.29. The molecule has 0 aliphatic carbocycles. The van der Waals surface area contributed by atoms with E-state index in [0.717, 1.165) is 42.0 Å². The molecule has 0 spiro atoms. The number of nitrogens with one attached hydrogen (secondary N) is 1. The van der Waals surface area contributed by atoms with E-state index in [2.05, 4.69) is 5.32 Å². The van der Waals surface area contributed by atoms with E-state index < -0.39 is 10.1 Å². The monoisotopic (exact) mass is 295 g/mol. The van der Waals surface area contributed by atoms with Crippen molar-refractivity contribution in [2.75, 3.05) is 11.9 Å². The quantitative estimate of drug-likeness (QED) is 0.885. The number of aryl methyl sites for hydroxylation is 1. The van der Waals surface area contributed by atoms with Crippen LogP contribution in [-0.4, -0.2) is 15.0 Å². The maximum absolute atomic E-state index is 12.1. The second-order valence-corrected chi connectivity index (χ2v) is 7.01. The predicted molar refractivity (Wildman–Crippen MR) is 75.4 cm³/mol. The zero-order valence-electron chi connectivity index (χ0n) is 10.1. The number of anilines is 1. The smallest absolute Gasteiger partial charge is 0.348 e. The van der Waals surface area contributed by atoms with E-state index in [1.54, 1.807) is 23.6 Å². The van der Waals surface area contributed by atoms with Crippen molar-refractivity contribution in [2.45, 2.75) is 17.1 Å². The summed E-state index contributed by atoms with van der Waals surface area (Å²) in [7, 11) is -3.72. The second kappa shape index (κ2) is 4.86. The van der Waals surface area contributed by atoms with Gasteiger partial charge in [-0.3, -0.25) is 0 Å². The van der Waals surface area contributed by atoms with Crippen molar-refractivity contribution in [1.82, 2.24) is 0 Å². The van der Waals surface area contributed by atoms with Gasteiger partial charge in [-0.2, -0.15) is 8.42 Å². The Labute approximate surface area is 116 Å². The van der Waals surface area contributed by atoms with Crippen LogP contribution in [0.2, 0.25) is 0 Å². The number of hydrogen-bond donors (Lipinski definition) is 1. The zero-order chi connectivity index (χ0) is 13.3. The van der Waals surface area contributed by atoms with Gasteiger partial charge >= 0.3 is 10.1 Å². The van der Waals surface area contributed by atoms with E-state index in [-0.39, 0.29) is 4.21 Å². The molecule has 6 heteroatoms. The van der Waals surface area contributed by atoms with Gasteiger partial charge in [0.15, 0.2) is 9.96 Å². The minimum absolute atomic E-state index is 0.223. The Kier molecular flexibility index (Phi) is 3.20. The predicted octanol–water partition coefficient (Wildman–Crippen LogP) is 2.87. The lowest BCUT2D eigenvalue weighted by molar-refractivity contribution is 0.488. The molecule has 3 rings (SSSR count). The van der Waals surface area contributed by atoms with E-state index in [9.17, 15) is 8.42 Å². The van der Waals surface area contributed by atoms with Gasteiger partial charge in [0.05, 0.1) is 5.69 Å². The van der Waals surface area contributed by atoms with Gasteiger partial charge < -0.3 is 9.50 Å². The van der Waals surface area contributed by atoms with Gasteiger partial charge in [-0.1, -0.05) is 18.2 Å². The number of rotatable bonds is 3. The summed E-state index contributed by atoms with van der Waals surface area (Å²) in [5.74, 6) is 0.380. The average molecular weight is 295 g/mol. The molecule has 1 aromatic carbocycles. The van der Waals surface area contributed by atoms with E-state index in [1.165, 1.54) is 0 Å². The summed E-state index contributed by atoms with van der Waals surface area (Å²) in [6, 6.07) is 8.74. The van der Waals surface area contributed by atoms with Crippen LogP contribution in [0, 0.1) is 0 Å². The Balaban J connectivity index is 1.96. The standard InChI is InChI=1S/C13H13NO3S2/c15-19(16,12-7-3-9-18-12)17-11-6-1-4-10-5-2-8-14-13(10)11/h1,3-4,6-7,9,14H,2,5,8H2. The Morgan fingerprint density at radius 3 is 2.89 bits per heavy atom. The molecule has 0 saturated heterocycles. The molecular formula is C13H13NO3S2. The molecule has 1 N–H and O–H groups in total. The van der Waals surface area contributed by atoms with Crippen molar-refractivity contribution in [3.05, 3.63) is 41.3 Å². The Hall–Kier alpha value is -1.53. The molecule has 100 valence electrons. The van der Waals surface area contributed by atoms with Crippen LogP contribution in [0.1, 0.15) is 12.0 Å². The fraction of sp³-hybridized carbons (Fsp3) is 0.231. The highest BCUT2D eigenvalue weighted by Crippen LogP contribution is 2.34. The number of para-hydroxylation sites is 1. The van der Waals surface area contributed by atoms with Gasteiger partial charge in [-0.15, -0.1) is 11.3 Å². The molecular weight excluding hydrogens is 282 g/mol. The third-order valence-electron chi connectivity index (χ3n) is 2.98. The lowest BCUT2D eigenvalue weighted by atomic mass is 10.0. The Morgan fingerprint density at radius 1 is 1.21 bits per heavy atom. The van der Waals surface area contributed by atoms with Gasteiger partial charge in [0, 0.05) is 6.54 Å². The summed E-state index contributed by atoms with van der Waals surface area (Å²) in [6.07, 6.45) is 1.99. The number of hydrogen-bond acceptors (Lipinski definition) is 5. The molecule has 0 fully saturated rings. The number of fused-ring (bicyclic) bond motifs is 1. The van der Waals surface area contributed by atoms with Crippen molar-refractivity contribution in [3.63, 3.8) is 0 Å². The molecule has 2 heterocycles. The van der Waals surface area contributed by atoms with Crippen LogP contribution < -0.4 is 9.50 Å². The van der Waals surface area contributed by atoms with Crippen LogP contribution in [0.15, 0.2) is 39.9 Å². The van der Waals surface area contributed by atoms with Gasteiger partial charge in [0.2, 0.25) is 0 Å². The van der Waals surface area contributed by atoms with Crippen LogP contribution in [0.25, 0.3) is 0 Å². The van der Waals surface area contributed by atoms with Crippen molar-refractivity contribution in [3.8, 4) is 5.75 Å². The van der Waals surface area contributed by atoms with Crippen molar-refractivity contribution in [1.29, 1.82) is 0 Å². The highest BCUT2D eigenvalue weighted by atomic mass is 32.3. The Bertz CT molecular complexity index is 678. The number of thiophene rings is 1. The molecule has 0 saturated carbocycles. The third kappa shape index (κ3) is 2.46. The molecule has 0 bridgehead atoms. The van der Waals surface area contributed by atoms with Crippen molar-refractivity contribution < 1.29 is 12.6 Å². The molecule has 4 nitrogen and oxygen atoms in total. The van der Waals surface area contributed by atoms with Crippen LogP contribution in [0.5, 0.6) is 5.75 Å². The first-order valence-electron chi connectivity index (χ1n) is 6.00. The molecule has 1 aromatic heterocycles. The van der Waals surface area contributed by atoms with Gasteiger partial charge in [0.25, 0.3) is 0 Å². The second-order valence-electron chi connectivity index (χ2n) is 4.29. The van der Waals surface area contributed by atoms with E-state index in [4.69, 9.17) is 4.18 Å². The van der Waals surface area contributed by atoms with E-state index >= 15 is 0 Å². The van der Waals surface area contributed by atoms with Crippen LogP contribution in [0.4, 0.5) is 5.69 Å². The molecule has 0 amide bonds. The van der Waals surface area contributed by atoms with Crippen molar-refractivity contribution in [2.24, 2.45) is 0 Å². The molecule has 0 atom stereocenters. The topological polar surface area (TPSA) is 55.4 Å². The van der Waals surface area contributed by atoms with Gasteiger partial charge in [-0.05, 0) is 35.9 Å². The maximum Gasteiger partial charge on any atom is 0.348 e. The van der Waals surface area contributed by atoms with Gasteiger partial charge in [0.1, 0.15) is 0 Å². The molecule has 1 aliphatic rings. The molecule has 0 unspecified atom stereocenters. The summed E-state index contributed by atoms with van der Waals surface area (Å²) in [4.78, 5) is 0. The highest BCUT2D eigenvalue weighted by molar-refractivity contribution is 7.89. The normalized spacial score (nSPS) is 14.5. The zero-order valence-corrected chi connectivity index (χ0v) is 11.8. The van der Waals surface area contributed by atoms with Crippen LogP contribution in [0.3, 0.4) is 0 Å². The van der Waals surface area contributed by atoms with E-state index in [0.29, 0.717) is 5.75 Å². The summed E-state index contributed by atoms with van der Waals surface area (Å²) in [5, 5.41) is 4.93. The lowest BCUT2D eigenvalue weighted by Gasteiger charge is -2.20. The maximum atomic E-state index is 12.1. The van der Waals surface area contributed by atoms with Crippen molar-refractivity contribution >= 4 is 27.1 Å². The van der Waals surface area contributed by atoms with E-state index in [1.807, 2.05) is 12.1 Å². The minimum atomic E-state index is -3.72.